The zero-order valence-electron chi connectivity index (χ0n) is 11.5. The number of fused-ring (bicyclic) bond motifs is 1. The highest BCUT2D eigenvalue weighted by molar-refractivity contribution is 9.10. The normalized spacial score (nSPS) is 12.3. The molecule has 21 heavy (non-hydrogen) atoms. The second-order valence-corrected chi connectivity index (χ2v) is 6.23. The molecule has 0 aliphatic rings. The van der Waals surface area contributed by atoms with Gasteiger partial charge in [-0.2, -0.15) is 0 Å². The molecule has 0 saturated heterocycles. The fourth-order valence-electron chi connectivity index (χ4n) is 1.97. The Morgan fingerprint density at radius 1 is 1.52 bits per heavy atom. The number of benzene rings is 1. The standard InChI is InChI=1S/C13H14BrN3O3S/c1-7(12(20)15-2)17-10-5-8(14)3-4-9(10)16-13(17)21-6-11(18)19/h3-5,7H,6H2,1-2H3,(H,15,20)(H,18,19). The lowest BCUT2D eigenvalue weighted by Crippen LogP contribution is -2.28. The molecule has 112 valence electrons. The van der Waals surface area contributed by atoms with E-state index in [9.17, 15) is 9.59 Å². The first kappa shape index (κ1) is 15.8. The Bertz CT molecular complexity index is 701. The van der Waals surface area contributed by atoms with E-state index in [0.717, 1.165) is 27.3 Å². The molecule has 1 amide bonds. The maximum Gasteiger partial charge on any atom is 0.313 e. The summed E-state index contributed by atoms with van der Waals surface area (Å²) in [4.78, 5) is 27.1. The van der Waals surface area contributed by atoms with Crippen molar-refractivity contribution in [2.24, 2.45) is 0 Å². The lowest BCUT2D eigenvalue weighted by molar-refractivity contribution is -0.133. The van der Waals surface area contributed by atoms with Gasteiger partial charge in [0.15, 0.2) is 5.16 Å². The molecule has 2 N–H and O–H groups in total. The van der Waals surface area contributed by atoms with Gasteiger partial charge in [-0.05, 0) is 25.1 Å². The molecule has 0 radical (unpaired) electrons. The third-order valence-electron chi connectivity index (χ3n) is 2.96. The number of imidazole rings is 1. The predicted molar refractivity (Wildman–Crippen MR) is 84.6 cm³/mol. The minimum absolute atomic E-state index is 0.106. The Hall–Kier alpha value is -1.54. The number of carboxylic acids is 1. The minimum atomic E-state index is -0.924. The van der Waals surface area contributed by atoms with Crippen LogP contribution in [0.25, 0.3) is 11.0 Å². The van der Waals surface area contributed by atoms with Crippen LogP contribution in [0.4, 0.5) is 0 Å². The molecule has 0 fully saturated rings. The van der Waals surface area contributed by atoms with E-state index in [-0.39, 0.29) is 11.7 Å². The average molecular weight is 372 g/mol. The number of likely N-dealkylation sites (N-methyl/N-ethyl adjacent to an activating group) is 1. The number of carbonyl (C=O) groups excluding carboxylic acids is 1. The monoisotopic (exact) mass is 371 g/mol. The maximum atomic E-state index is 11.9. The SMILES string of the molecule is CNC(=O)C(C)n1c(SCC(=O)O)nc2ccc(Br)cc21. The average Bonchev–Trinajstić information content (AvgIpc) is 2.80. The summed E-state index contributed by atoms with van der Waals surface area (Å²) in [5.41, 5.74) is 1.51. The molecule has 0 bridgehead atoms. The van der Waals surface area contributed by atoms with E-state index in [2.05, 4.69) is 26.2 Å². The summed E-state index contributed by atoms with van der Waals surface area (Å²) < 4.78 is 2.63. The molecule has 1 atom stereocenters. The Kier molecular flexibility index (Phi) is 4.89. The summed E-state index contributed by atoms with van der Waals surface area (Å²) in [7, 11) is 1.57. The molecule has 8 heteroatoms. The van der Waals surface area contributed by atoms with Crippen LogP contribution in [-0.2, 0) is 9.59 Å². The fraction of sp³-hybridized carbons (Fsp3) is 0.308. The molecule has 2 aromatic rings. The first-order valence-corrected chi connectivity index (χ1v) is 7.95. The molecule has 1 aromatic carbocycles. The number of thioether (sulfide) groups is 1. The van der Waals surface area contributed by atoms with Gasteiger partial charge in [-0.1, -0.05) is 27.7 Å². The molecule has 0 spiro atoms. The van der Waals surface area contributed by atoms with Gasteiger partial charge < -0.3 is 15.0 Å². The van der Waals surface area contributed by atoms with E-state index in [1.54, 1.807) is 18.5 Å². The van der Waals surface area contributed by atoms with Crippen molar-refractivity contribution in [1.29, 1.82) is 0 Å². The van der Waals surface area contributed by atoms with Crippen molar-refractivity contribution in [3.8, 4) is 0 Å². The molecule has 1 heterocycles. The van der Waals surface area contributed by atoms with E-state index in [4.69, 9.17) is 5.11 Å². The van der Waals surface area contributed by atoms with Gasteiger partial charge >= 0.3 is 5.97 Å². The molecular weight excluding hydrogens is 358 g/mol. The molecule has 1 aromatic heterocycles. The zero-order valence-corrected chi connectivity index (χ0v) is 13.9. The van der Waals surface area contributed by atoms with Crippen LogP contribution >= 0.6 is 27.7 Å². The second-order valence-electron chi connectivity index (χ2n) is 4.37. The first-order chi connectivity index (χ1) is 9.93. The van der Waals surface area contributed by atoms with Gasteiger partial charge in [-0.3, -0.25) is 9.59 Å². The zero-order chi connectivity index (χ0) is 15.6. The topological polar surface area (TPSA) is 84.2 Å². The van der Waals surface area contributed by atoms with Crippen LogP contribution in [-0.4, -0.2) is 39.3 Å². The quantitative estimate of drug-likeness (QED) is 0.787. The van der Waals surface area contributed by atoms with Gasteiger partial charge in [0.1, 0.15) is 6.04 Å². The number of carbonyl (C=O) groups is 2. The third-order valence-corrected chi connectivity index (χ3v) is 4.39. The molecular formula is C13H14BrN3O3S. The summed E-state index contributed by atoms with van der Waals surface area (Å²) in [5, 5.41) is 11.9. The molecule has 6 nitrogen and oxygen atoms in total. The van der Waals surface area contributed by atoms with Crippen LogP contribution in [0.3, 0.4) is 0 Å². The van der Waals surface area contributed by atoms with Gasteiger partial charge in [-0.15, -0.1) is 0 Å². The number of aliphatic carboxylic acids is 1. The highest BCUT2D eigenvalue weighted by Gasteiger charge is 2.21. The number of hydrogen-bond donors (Lipinski definition) is 2. The Labute approximate surface area is 134 Å². The smallest absolute Gasteiger partial charge is 0.313 e. The fourth-order valence-corrected chi connectivity index (χ4v) is 3.13. The van der Waals surface area contributed by atoms with Gasteiger partial charge in [-0.25, -0.2) is 4.98 Å². The number of aromatic nitrogens is 2. The highest BCUT2D eigenvalue weighted by Crippen LogP contribution is 2.29. The van der Waals surface area contributed by atoms with Crippen molar-refractivity contribution in [1.82, 2.24) is 14.9 Å². The predicted octanol–water partition coefficient (Wildman–Crippen LogP) is 2.28. The number of nitrogens with one attached hydrogen (secondary N) is 1. The third kappa shape index (κ3) is 3.38. The van der Waals surface area contributed by atoms with Gasteiger partial charge in [0.05, 0.1) is 16.8 Å². The van der Waals surface area contributed by atoms with E-state index in [1.165, 1.54) is 0 Å². The van der Waals surface area contributed by atoms with Crippen molar-refractivity contribution in [3.05, 3.63) is 22.7 Å². The van der Waals surface area contributed by atoms with E-state index >= 15 is 0 Å². The molecule has 2 rings (SSSR count). The van der Waals surface area contributed by atoms with Crippen LogP contribution in [0, 0.1) is 0 Å². The molecule has 0 aliphatic heterocycles. The van der Waals surface area contributed by atoms with Crippen molar-refractivity contribution < 1.29 is 14.7 Å². The van der Waals surface area contributed by atoms with Crippen molar-refractivity contribution in [2.45, 2.75) is 18.1 Å². The highest BCUT2D eigenvalue weighted by atomic mass is 79.9. The van der Waals surface area contributed by atoms with Crippen LogP contribution < -0.4 is 5.32 Å². The summed E-state index contributed by atoms with van der Waals surface area (Å²) in [6.45, 7) is 1.76. The van der Waals surface area contributed by atoms with Gasteiger partial charge in [0, 0.05) is 11.5 Å². The number of carboxylic acid groups (broad SMARTS) is 1. The number of rotatable bonds is 5. The van der Waals surface area contributed by atoms with Crippen LogP contribution in [0.1, 0.15) is 13.0 Å². The Morgan fingerprint density at radius 3 is 2.86 bits per heavy atom. The largest absolute Gasteiger partial charge is 0.481 e. The van der Waals surface area contributed by atoms with Crippen molar-refractivity contribution in [2.75, 3.05) is 12.8 Å². The molecule has 0 saturated carbocycles. The van der Waals surface area contributed by atoms with E-state index in [1.807, 2.05) is 18.2 Å². The number of halogens is 1. The van der Waals surface area contributed by atoms with Gasteiger partial charge in [0.25, 0.3) is 0 Å². The van der Waals surface area contributed by atoms with Crippen molar-refractivity contribution in [3.63, 3.8) is 0 Å². The summed E-state index contributed by atoms with van der Waals surface area (Å²) in [6.07, 6.45) is 0. The number of amides is 1. The summed E-state index contributed by atoms with van der Waals surface area (Å²) in [6, 6.07) is 5.07. The first-order valence-electron chi connectivity index (χ1n) is 6.17. The van der Waals surface area contributed by atoms with Crippen LogP contribution in [0.2, 0.25) is 0 Å². The van der Waals surface area contributed by atoms with Gasteiger partial charge in [0.2, 0.25) is 5.91 Å². The maximum absolute atomic E-state index is 11.9. The summed E-state index contributed by atoms with van der Waals surface area (Å²) >= 11 is 4.50. The van der Waals surface area contributed by atoms with Crippen molar-refractivity contribution >= 4 is 50.6 Å². The van der Waals surface area contributed by atoms with E-state index < -0.39 is 12.0 Å². The van der Waals surface area contributed by atoms with Crippen LogP contribution in [0.5, 0.6) is 0 Å². The lowest BCUT2D eigenvalue weighted by atomic mass is 10.2. The second kappa shape index (κ2) is 6.48. The lowest BCUT2D eigenvalue weighted by Gasteiger charge is -2.15. The molecule has 0 aliphatic carbocycles. The Balaban J connectivity index is 2.55. The van der Waals surface area contributed by atoms with Crippen LogP contribution in [0.15, 0.2) is 27.8 Å². The molecule has 1 unspecified atom stereocenters. The number of hydrogen-bond acceptors (Lipinski definition) is 4. The number of nitrogens with zero attached hydrogens (tertiary/aromatic N) is 2. The van der Waals surface area contributed by atoms with E-state index in [0.29, 0.717) is 5.16 Å². The Morgan fingerprint density at radius 2 is 2.24 bits per heavy atom. The summed E-state index contributed by atoms with van der Waals surface area (Å²) in [5.74, 6) is -1.19. The minimum Gasteiger partial charge on any atom is -0.481 e.